The number of hydrogen-bond acceptors (Lipinski definition) is 4. The van der Waals surface area contributed by atoms with Crippen LogP contribution in [0, 0.1) is 0 Å². The van der Waals surface area contributed by atoms with Crippen molar-refractivity contribution in [2.45, 2.75) is 49.6 Å². The molecule has 5 rings (SSSR count). The van der Waals surface area contributed by atoms with Crippen molar-refractivity contribution in [3.8, 4) is 11.5 Å². The molecule has 1 aliphatic heterocycles. The minimum atomic E-state index is -3.68. The molecule has 3 aromatic rings. The quantitative estimate of drug-likeness (QED) is 0.573. The second kappa shape index (κ2) is 7.93. The molecule has 6 heteroatoms. The standard InChI is InChI=1S/C24H25NO4S/c26-30(27,24-12-6-8-19-7-4-5-11-21(19)24)25(20-9-2-1-3-10-20)16-18-13-14-22-23(15-18)29-17-28-22/h4-8,11-15,20H,1-3,9-10,16-17H2. The summed E-state index contributed by atoms with van der Waals surface area (Å²) in [4.78, 5) is 0.381. The summed E-state index contributed by atoms with van der Waals surface area (Å²) in [5, 5.41) is 1.71. The van der Waals surface area contributed by atoms with Crippen molar-refractivity contribution >= 4 is 20.8 Å². The Labute approximate surface area is 177 Å². The Hall–Kier alpha value is -2.57. The third-order valence-electron chi connectivity index (χ3n) is 6.09. The predicted molar refractivity (Wildman–Crippen MR) is 116 cm³/mol. The Balaban J connectivity index is 1.57. The van der Waals surface area contributed by atoms with Crippen molar-refractivity contribution in [1.29, 1.82) is 0 Å². The van der Waals surface area contributed by atoms with Gasteiger partial charge in [0.15, 0.2) is 11.5 Å². The molecule has 1 aliphatic carbocycles. The van der Waals surface area contributed by atoms with Crippen LogP contribution in [0.4, 0.5) is 0 Å². The van der Waals surface area contributed by atoms with Gasteiger partial charge in [0.2, 0.25) is 16.8 Å². The molecule has 0 amide bonds. The first-order chi connectivity index (χ1) is 14.6. The fourth-order valence-corrected chi connectivity index (χ4v) is 6.43. The fraction of sp³-hybridized carbons (Fsp3) is 0.333. The molecule has 0 spiro atoms. The topological polar surface area (TPSA) is 55.8 Å². The number of fused-ring (bicyclic) bond motifs is 2. The van der Waals surface area contributed by atoms with Gasteiger partial charge in [-0.05, 0) is 42.0 Å². The maximum absolute atomic E-state index is 14.0. The average molecular weight is 424 g/mol. The summed E-state index contributed by atoms with van der Waals surface area (Å²) in [6, 6.07) is 18.9. The molecule has 0 aromatic heterocycles. The number of ether oxygens (including phenoxy) is 2. The first-order valence-corrected chi connectivity index (χ1v) is 11.9. The van der Waals surface area contributed by atoms with Crippen LogP contribution in [0.1, 0.15) is 37.7 Å². The lowest BCUT2D eigenvalue weighted by molar-refractivity contribution is 0.174. The van der Waals surface area contributed by atoms with E-state index in [1.807, 2.05) is 54.6 Å². The lowest BCUT2D eigenvalue weighted by Gasteiger charge is -2.34. The van der Waals surface area contributed by atoms with Crippen molar-refractivity contribution in [1.82, 2.24) is 4.31 Å². The Bertz CT molecular complexity index is 1160. The molecule has 1 heterocycles. The Morgan fingerprint density at radius 2 is 1.63 bits per heavy atom. The van der Waals surface area contributed by atoms with Gasteiger partial charge < -0.3 is 9.47 Å². The zero-order valence-electron chi connectivity index (χ0n) is 16.8. The highest BCUT2D eigenvalue weighted by atomic mass is 32.2. The van der Waals surface area contributed by atoms with Gasteiger partial charge in [0.25, 0.3) is 0 Å². The molecule has 1 saturated carbocycles. The zero-order chi connectivity index (χ0) is 20.6. The van der Waals surface area contributed by atoms with Gasteiger partial charge in [0.1, 0.15) is 0 Å². The average Bonchev–Trinajstić information content (AvgIpc) is 3.25. The zero-order valence-corrected chi connectivity index (χ0v) is 17.6. The van der Waals surface area contributed by atoms with Crippen molar-refractivity contribution in [3.63, 3.8) is 0 Å². The maximum Gasteiger partial charge on any atom is 0.244 e. The van der Waals surface area contributed by atoms with Crippen molar-refractivity contribution < 1.29 is 17.9 Å². The largest absolute Gasteiger partial charge is 0.454 e. The van der Waals surface area contributed by atoms with Gasteiger partial charge in [-0.25, -0.2) is 8.42 Å². The first-order valence-electron chi connectivity index (χ1n) is 10.5. The number of hydrogen-bond donors (Lipinski definition) is 0. The molecule has 30 heavy (non-hydrogen) atoms. The van der Waals surface area contributed by atoms with Crippen LogP contribution in [0.15, 0.2) is 65.6 Å². The smallest absolute Gasteiger partial charge is 0.244 e. The number of benzene rings is 3. The first kappa shape index (κ1) is 19.4. The third-order valence-corrected chi connectivity index (χ3v) is 8.05. The molecule has 0 saturated heterocycles. The molecule has 3 aromatic carbocycles. The van der Waals surface area contributed by atoms with Gasteiger partial charge in [-0.2, -0.15) is 4.31 Å². The summed E-state index contributed by atoms with van der Waals surface area (Å²) in [5.41, 5.74) is 0.911. The summed E-state index contributed by atoms with van der Waals surface area (Å²) in [7, 11) is -3.68. The van der Waals surface area contributed by atoms with Gasteiger partial charge in [-0.1, -0.05) is 61.7 Å². The molecule has 0 radical (unpaired) electrons. The monoisotopic (exact) mass is 423 g/mol. The van der Waals surface area contributed by atoms with E-state index in [-0.39, 0.29) is 12.8 Å². The van der Waals surface area contributed by atoms with Crippen molar-refractivity contribution in [2.75, 3.05) is 6.79 Å². The number of nitrogens with zero attached hydrogens (tertiary/aromatic N) is 1. The van der Waals surface area contributed by atoms with Gasteiger partial charge in [0.05, 0.1) is 4.90 Å². The number of sulfonamides is 1. The lowest BCUT2D eigenvalue weighted by atomic mass is 9.95. The lowest BCUT2D eigenvalue weighted by Crippen LogP contribution is -2.41. The van der Waals surface area contributed by atoms with E-state index in [1.54, 1.807) is 10.4 Å². The van der Waals surface area contributed by atoms with Gasteiger partial charge in [-0.3, -0.25) is 0 Å². The molecule has 0 atom stereocenters. The molecule has 1 fully saturated rings. The second-order valence-corrected chi connectivity index (χ2v) is 9.87. The summed E-state index contributed by atoms with van der Waals surface area (Å²) in [6.07, 6.45) is 5.09. The normalized spacial score (nSPS) is 17.0. The molecule has 0 N–H and O–H groups in total. The van der Waals surface area contributed by atoms with E-state index in [9.17, 15) is 8.42 Å². The molecular weight excluding hydrogens is 398 g/mol. The van der Waals surface area contributed by atoms with Crippen LogP contribution in [0.2, 0.25) is 0 Å². The summed E-state index contributed by atoms with van der Waals surface area (Å²) in [6.45, 7) is 0.534. The summed E-state index contributed by atoms with van der Waals surface area (Å²) < 4.78 is 40.5. The highest BCUT2D eigenvalue weighted by Gasteiger charge is 2.33. The van der Waals surface area contributed by atoms with Gasteiger partial charge in [-0.15, -0.1) is 0 Å². The van der Waals surface area contributed by atoms with Crippen LogP contribution < -0.4 is 9.47 Å². The second-order valence-electron chi connectivity index (χ2n) is 8.01. The van der Waals surface area contributed by atoms with Crippen molar-refractivity contribution in [3.05, 3.63) is 66.2 Å². The van der Waals surface area contributed by atoms with Crippen LogP contribution in [0.5, 0.6) is 11.5 Å². The van der Waals surface area contributed by atoms with E-state index >= 15 is 0 Å². The van der Waals surface area contributed by atoms with Gasteiger partial charge >= 0.3 is 0 Å². The van der Waals surface area contributed by atoms with Crippen LogP contribution in [0.3, 0.4) is 0 Å². The molecule has 156 valence electrons. The highest BCUT2D eigenvalue weighted by Crippen LogP contribution is 2.36. The summed E-state index contributed by atoms with van der Waals surface area (Å²) in [5.74, 6) is 1.39. The molecule has 0 bridgehead atoms. The Morgan fingerprint density at radius 3 is 2.50 bits per heavy atom. The maximum atomic E-state index is 14.0. The van der Waals surface area contributed by atoms with E-state index < -0.39 is 10.0 Å². The predicted octanol–water partition coefficient (Wildman–Crippen LogP) is 5.09. The minimum Gasteiger partial charge on any atom is -0.454 e. The van der Waals surface area contributed by atoms with E-state index in [4.69, 9.17) is 9.47 Å². The van der Waals surface area contributed by atoms with E-state index in [0.29, 0.717) is 22.9 Å². The number of rotatable bonds is 5. The molecular formula is C24H25NO4S. The van der Waals surface area contributed by atoms with Crippen LogP contribution in [-0.4, -0.2) is 25.6 Å². The summed E-state index contributed by atoms with van der Waals surface area (Å²) >= 11 is 0. The SMILES string of the molecule is O=S(=O)(c1cccc2ccccc12)N(Cc1ccc2c(c1)OCO2)C1CCCCC1. The van der Waals surface area contributed by atoms with Crippen molar-refractivity contribution in [2.24, 2.45) is 0 Å². The van der Waals surface area contributed by atoms with Crippen LogP contribution in [0.25, 0.3) is 10.8 Å². The highest BCUT2D eigenvalue weighted by molar-refractivity contribution is 7.89. The van der Waals surface area contributed by atoms with Crippen LogP contribution >= 0.6 is 0 Å². The minimum absolute atomic E-state index is 0.00754. The molecule has 2 aliphatic rings. The fourth-order valence-electron chi connectivity index (χ4n) is 4.55. The molecule has 0 unspecified atom stereocenters. The van der Waals surface area contributed by atoms with E-state index in [0.717, 1.165) is 42.0 Å². The van der Waals surface area contributed by atoms with Gasteiger partial charge in [0, 0.05) is 18.0 Å². The van der Waals surface area contributed by atoms with E-state index in [1.165, 1.54) is 6.42 Å². The Morgan fingerprint density at radius 1 is 0.867 bits per heavy atom. The molecule has 5 nitrogen and oxygen atoms in total. The van der Waals surface area contributed by atoms with Crippen LogP contribution in [-0.2, 0) is 16.6 Å². The Kier molecular flexibility index (Phi) is 5.13. The van der Waals surface area contributed by atoms with E-state index in [2.05, 4.69) is 0 Å². The third kappa shape index (κ3) is 3.55.